The van der Waals surface area contributed by atoms with Crippen LogP contribution in [0, 0.1) is 6.92 Å². The lowest BCUT2D eigenvalue weighted by atomic mass is 9.99. The van der Waals surface area contributed by atoms with Gasteiger partial charge in [0.1, 0.15) is 0 Å². The molecule has 0 amide bonds. The number of benzene rings is 1. The number of carbonyl (C=O) groups is 1. The monoisotopic (exact) mass is 374 g/mol. The molecule has 27 heavy (non-hydrogen) atoms. The summed E-state index contributed by atoms with van der Waals surface area (Å²) in [6, 6.07) is 7.54. The summed E-state index contributed by atoms with van der Waals surface area (Å²) in [6.45, 7) is 8.48. The van der Waals surface area contributed by atoms with Gasteiger partial charge in [0, 0.05) is 16.6 Å². The van der Waals surface area contributed by atoms with Crippen LogP contribution < -0.4 is 5.32 Å². The van der Waals surface area contributed by atoms with Gasteiger partial charge in [0.15, 0.2) is 6.29 Å². The molecule has 2 aromatic rings. The van der Waals surface area contributed by atoms with Gasteiger partial charge < -0.3 is 29.2 Å². The van der Waals surface area contributed by atoms with Gasteiger partial charge >= 0.3 is 5.97 Å². The third-order valence-corrected chi connectivity index (χ3v) is 5.49. The van der Waals surface area contributed by atoms with Gasteiger partial charge in [-0.15, -0.1) is 0 Å². The van der Waals surface area contributed by atoms with Gasteiger partial charge in [0.25, 0.3) is 0 Å². The summed E-state index contributed by atoms with van der Waals surface area (Å²) >= 11 is 0. The van der Waals surface area contributed by atoms with Gasteiger partial charge in [-0.05, 0) is 26.8 Å². The van der Waals surface area contributed by atoms with Crippen molar-refractivity contribution >= 4 is 16.9 Å². The van der Waals surface area contributed by atoms with Crippen LogP contribution in [0.5, 0.6) is 0 Å². The predicted molar refractivity (Wildman–Crippen MR) is 100 cm³/mol. The highest BCUT2D eigenvalue weighted by atomic mass is 16.7. The van der Waals surface area contributed by atoms with Gasteiger partial charge in [0.2, 0.25) is 0 Å². The smallest absolute Gasteiger partial charge is 0.338 e. The molecule has 1 atom stereocenters. The molecule has 0 unspecified atom stereocenters. The summed E-state index contributed by atoms with van der Waals surface area (Å²) in [7, 11) is 0. The summed E-state index contributed by atoms with van der Waals surface area (Å²) in [5.41, 5.74) is 1.93. The van der Waals surface area contributed by atoms with Crippen molar-refractivity contribution in [2.24, 2.45) is 0 Å². The van der Waals surface area contributed by atoms with E-state index in [2.05, 4.69) is 12.2 Å². The average molecular weight is 374 g/mol. The molecular weight excluding hydrogens is 348 g/mol. The Kier molecular flexibility index (Phi) is 4.71. The van der Waals surface area contributed by atoms with Crippen LogP contribution >= 0.6 is 0 Å². The number of carboxylic acid groups (broad SMARTS) is 1. The highest BCUT2D eigenvalue weighted by Gasteiger charge is 2.38. The molecule has 146 valence electrons. The van der Waals surface area contributed by atoms with Gasteiger partial charge in [0.05, 0.1) is 49.6 Å². The Morgan fingerprint density at radius 1 is 1.30 bits per heavy atom. The summed E-state index contributed by atoms with van der Waals surface area (Å²) in [5, 5.41) is 13.9. The number of hydrogen-bond acceptors (Lipinski definition) is 5. The number of carboxylic acids is 1. The first-order valence-electron chi connectivity index (χ1n) is 9.31. The highest BCUT2D eigenvalue weighted by Crippen LogP contribution is 2.32. The Bertz CT molecular complexity index is 849. The lowest BCUT2D eigenvalue weighted by molar-refractivity contribution is -0.214. The van der Waals surface area contributed by atoms with Crippen molar-refractivity contribution in [1.82, 2.24) is 9.88 Å². The van der Waals surface area contributed by atoms with Crippen LogP contribution in [0.15, 0.2) is 24.3 Å². The largest absolute Gasteiger partial charge is 0.478 e. The Labute approximate surface area is 158 Å². The van der Waals surface area contributed by atoms with Gasteiger partial charge in [-0.2, -0.15) is 0 Å². The zero-order chi connectivity index (χ0) is 19.2. The summed E-state index contributed by atoms with van der Waals surface area (Å²) in [4.78, 5) is 11.8. The molecule has 0 spiro atoms. The number of aromatic nitrogens is 1. The van der Waals surface area contributed by atoms with E-state index in [1.54, 1.807) is 0 Å². The molecule has 0 radical (unpaired) electrons. The molecule has 2 N–H and O–H groups in total. The van der Waals surface area contributed by atoms with E-state index >= 15 is 0 Å². The van der Waals surface area contributed by atoms with Crippen molar-refractivity contribution in [2.45, 2.75) is 44.7 Å². The highest BCUT2D eigenvalue weighted by molar-refractivity contribution is 6.05. The molecule has 0 saturated carbocycles. The van der Waals surface area contributed by atoms with Crippen LogP contribution in [0.4, 0.5) is 0 Å². The number of aromatic carboxylic acids is 1. The Balaban J connectivity index is 1.53. The Hall–Kier alpha value is -1.93. The Morgan fingerprint density at radius 2 is 1.96 bits per heavy atom. The lowest BCUT2D eigenvalue weighted by Crippen LogP contribution is -2.64. The minimum absolute atomic E-state index is 0.000549. The number of ether oxygens (including phenoxy) is 3. The number of rotatable bonds is 5. The van der Waals surface area contributed by atoms with E-state index in [4.69, 9.17) is 14.2 Å². The number of para-hydroxylation sites is 1. The average Bonchev–Trinajstić information content (AvgIpc) is 2.92. The minimum atomic E-state index is -0.916. The van der Waals surface area contributed by atoms with E-state index in [0.717, 1.165) is 10.9 Å². The molecule has 3 heterocycles. The number of hydrogen-bond donors (Lipinski definition) is 2. The molecule has 2 saturated heterocycles. The molecule has 0 bridgehead atoms. The zero-order valence-electron chi connectivity index (χ0n) is 15.9. The predicted octanol–water partition coefficient (Wildman–Crippen LogP) is 2.33. The summed E-state index contributed by atoms with van der Waals surface area (Å²) < 4.78 is 19.3. The third-order valence-electron chi connectivity index (χ3n) is 5.49. The van der Waals surface area contributed by atoms with Crippen molar-refractivity contribution in [3.63, 3.8) is 0 Å². The summed E-state index contributed by atoms with van der Waals surface area (Å²) in [6.07, 6.45) is -0.426. The molecule has 4 rings (SSSR count). The fourth-order valence-corrected chi connectivity index (χ4v) is 4.17. The van der Waals surface area contributed by atoms with E-state index in [-0.39, 0.29) is 17.6 Å². The third kappa shape index (κ3) is 3.25. The van der Waals surface area contributed by atoms with Gasteiger partial charge in [-0.1, -0.05) is 18.2 Å². The first-order chi connectivity index (χ1) is 12.9. The minimum Gasteiger partial charge on any atom is -0.478 e. The van der Waals surface area contributed by atoms with E-state index in [0.29, 0.717) is 37.7 Å². The van der Waals surface area contributed by atoms with E-state index in [1.165, 1.54) is 0 Å². The molecule has 0 aliphatic carbocycles. The van der Waals surface area contributed by atoms with Gasteiger partial charge in [-0.25, -0.2) is 4.79 Å². The van der Waals surface area contributed by atoms with Crippen molar-refractivity contribution in [1.29, 1.82) is 0 Å². The summed E-state index contributed by atoms with van der Waals surface area (Å²) in [5.74, 6) is -0.916. The van der Waals surface area contributed by atoms with Crippen molar-refractivity contribution in [3.05, 3.63) is 35.5 Å². The first-order valence-corrected chi connectivity index (χ1v) is 9.31. The number of nitrogens with one attached hydrogen (secondary N) is 1. The molecule has 2 aliphatic heterocycles. The SMILES string of the molecule is Cc1c(C(=O)O)c2ccccc2n1[C@H](C)C1OCC(NC2(C)COC2)CO1. The first kappa shape index (κ1) is 18.4. The number of fused-ring (bicyclic) bond motifs is 1. The van der Waals surface area contributed by atoms with Crippen LogP contribution in [0.1, 0.15) is 35.9 Å². The molecule has 1 aromatic heterocycles. The van der Waals surface area contributed by atoms with Crippen LogP contribution in [-0.2, 0) is 14.2 Å². The molecule has 7 heteroatoms. The maximum Gasteiger partial charge on any atom is 0.338 e. The second-order valence-electron chi connectivity index (χ2n) is 7.82. The van der Waals surface area contributed by atoms with E-state index in [1.807, 2.05) is 42.7 Å². The second-order valence-corrected chi connectivity index (χ2v) is 7.82. The van der Waals surface area contributed by atoms with E-state index in [9.17, 15) is 9.90 Å². The molecule has 1 aromatic carbocycles. The molecule has 7 nitrogen and oxygen atoms in total. The molecular formula is C20H26N2O5. The van der Waals surface area contributed by atoms with Crippen molar-refractivity contribution in [3.8, 4) is 0 Å². The second kappa shape index (κ2) is 6.91. The molecule has 2 aliphatic rings. The number of nitrogens with zero attached hydrogens (tertiary/aromatic N) is 1. The quantitative estimate of drug-likeness (QED) is 0.836. The van der Waals surface area contributed by atoms with Gasteiger partial charge in [-0.3, -0.25) is 0 Å². The van der Waals surface area contributed by atoms with Crippen LogP contribution in [-0.4, -0.2) is 59.9 Å². The Morgan fingerprint density at radius 3 is 2.56 bits per heavy atom. The van der Waals surface area contributed by atoms with Crippen LogP contribution in [0.2, 0.25) is 0 Å². The topological polar surface area (TPSA) is 82.0 Å². The zero-order valence-corrected chi connectivity index (χ0v) is 15.9. The fourth-order valence-electron chi connectivity index (χ4n) is 4.17. The standard InChI is InChI=1S/C20H26N2O5/c1-12-17(18(23)24)15-6-4-5-7-16(15)22(12)13(2)19-26-8-14(9-27-19)21-20(3)10-25-11-20/h4-7,13-14,19,21H,8-11H2,1-3H3,(H,23,24)/t13-,14?,19?/m1/s1. The van der Waals surface area contributed by atoms with Crippen LogP contribution in [0.25, 0.3) is 10.9 Å². The van der Waals surface area contributed by atoms with Crippen molar-refractivity contribution < 1.29 is 24.1 Å². The van der Waals surface area contributed by atoms with E-state index < -0.39 is 12.3 Å². The maximum atomic E-state index is 11.8. The maximum absolute atomic E-state index is 11.8. The lowest BCUT2D eigenvalue weighted by Gasteiger charge is -2.43. The normalized spacial score (nSPS) is 25.9. The fraction of sp³-hybridized carbons (Fsp3) is 0.550. The van der Waals surface area contributed by atoms with Crippen LogP contribution in [0.3, 0.4) is 0 Å². The van der Waals surface area contributed by atoms with Crippen molar-refractivity contribution in [2.75, 3.05) is 26.4 Å². The molecule has 2 fully saturated rings.